The molecule has 1 aliphatic carbocycles. The van der Waals surface area contributed by atoms with Crippen LogP contribution in [0.15, 0.2) is 0 Å². The lowest BCUT2D eigenvalue weighted by atomic mass is 9.69. The first-order valence-corrected chi connectivity index (χ1v) is 4.97. The molecule has 1 spiro atoms. The van der Waals surface area contributed by atoms with Crippen molar-refractivity contribution in [2.75, 3.05) is 6.54 Å². The van der Waals surface area contributed by atoms with Crippen molar-refractivity contribution in [2.24, 2.45) is 11.3 Å². The van der Waals surface area contributed by atoms with E-state index in [0.717, 1.165) is 18.9 Å². The Balaban J connectivity index is 2.05. The monoisotopic (exact) mass is 167 g/mol. The van der Waals surface area contributed by atoms with Gasteiger partial charge in [0.05, 0.1) is 0 Å². The standard InChI is InChI=1S/C10H17NO/c1-8-3-2-4-10(5-8)6-9(12)11-7-10/h8H,2-7H2,1H3,(H,11,12)/t8-,10-/m0/s1. The van der Waals surface area contributed by atoms with Crippen molar-refractivity contribution >= 4 is 5.91 Å². The number of nitrogens with one attached hydrogen (secondary N) is 1. The fourth-order valence-electron chi connectivity index (χ4n) is 2.84. The molecule has 68 valence electrons. The molecule has 0 aromatic rings. The summed E-state index contributed by atoms with van der Waals surface area (Å²) in [7, 11) is 0. The molecular formula is C10H17NO. The van der Waals surface area contributed by atoms with E-state index in [1.54, 1.807) is 0 Å². The lowest BCUT2D eigenvalue weighted by Gasteiger charge is -2.35. The first kappa shape index (κ1) is 8.09. The predicted octanol–water partition coefficient (Wildman–Crippen LogP) is 1.70. The predicted molar refractivity (Wildman–Crippen MR) is 47.7 cm³/mol. The largest absolute Gasteiger partial charge is 0.356 e. The minimum absolute atomic E-state index is 0.268. The molecule has 0 unspecified atom stereocenters. The Morgan fingerprint density at radius 1 is 1.58 bits per heavy atom. The Bertz CT molecular complexity index is 202. The molecule has 1 amide bonds. The molecule has 1 aliphatic heterocycles. The van der Waals surface area contributed by atoms with Gasteiger partial charge in [-0.2, -0.15) is 0 Å². The summed E-state index contributed by atoms with van der Waals surface area (Å²) in [6.07, 6.45) is 5.98. The molecule has 2 atom stereocenters. The zero-order valence-electron chi connectivity index (χ0n) is 7.73. The molecule has 0 aromatic heterocycles. The van der Waals surface area contributed by atoms with E-state index in [2.05, 4.69) is 12.2 Å². The highest BCUT2D eigenvalue weighted by molar-refractivity contribution is 5.79. The third-order valence-electron chi connectivity index (χ3n) is 3.38. The van der Waals surface area contributed by atoms with Crippen LogP contribution in [0.1, 0.15) is 39.0 Å². The van der Waals surface area contributed by atoms with Crippen LogP contribution in [0.5, 0.6) is 0 Å². The molecule has 0 aromatic carbocycles. The fraction of sp³-hybridized carbons (Fsp3) is 0.900. The van der Waals surface area contributed by atoms with Crippen LogP contribution in [-0.2, 0) is 4.79 Å². The summed E-state index contributed by atoms with van der Waals surface area (Å²) in [6, 6.07) is 0. The van der Waals surface area contributed by atoms with Crippen LogP contribution in [0.3, 0.4) is 0 Å². The summed E-state index contributed by atoms with van der Waals surface area (Å²) < 4.78 is 0. The van der Waals surface area contributed by atoms with Gasteiger partial charge in [-0.05, 0) is 24.2 Å². The highest BCUT2D eigenvalue weighted by Crippen LogP contribution is 2.43. The molecule has 2 rings (SSSR count). The summed E-state index contributed by atoms with van der Waals surface area (Å²) in [5.41, 5.74) is 0.356. The minimum Gasteiger partial charge on any atom is -0.356 e. The maximum absolute atomic E-state index is 11.1. The molecule has 1 saturated heterocycles. The van der Waals surface area contributed by atoms with Crippen molar-refractivity contribution in [1.29, 1.82) is 0 Å². The normalized spacial score (nSPS) is 41.8. The van der Waals surface area contributed by atoms with Gasteiger partial charge in [-0.25, -0.2) is 0 Å². The van der Waals surface area contributed by atoms with Crippen LogP contribution in [0.4, 0.5) is 0 Å². The van der Waals surface area contributed by atoms with Crippen LogP contribution in [0.2, 0.25) is 0 Å². The lowest BCUT2D eigenvalue weighted by Crippen LogP contribution is -2.29. The molecule has 2 aliphatic rings. The molecule has 2 heteroatoms. The molecule has 1 N–H and O–H groups in total. The first-order chi connectivity index (χ1) is 5.70. The van der Waals surface area contributed by atoms with Crippen molar-refractivity contribution in [3.05, 3.63) is 0 Å². The van der Waals surface area contributed by atoms with Crippen molar-refractivity contribution in [3.8, 4) is 0 Å². The van der Waals surface area contributed by atoms with Gasteiger partial charge in [0.15, 0.2) is 0 Å². The lowest BCUT2D eigenvalue weighted by molar-refractivity contribution is -0.119. The van der Waals surface area contributed by atoms with Crippen molar-refractivity contribution in [2.45, 2.75) is 39.0 Å². The van der Waals surface area contributed by atoms with Crippen LogP contribution in [0, 0.1) is 11.3 Å². The highest BCUT2D eigenvalue weighted by atomic mass is 16.1. The number of rotatable bonds is 0. The van der Waals surface area contributed by atoms with Gasteiger partial charge in [0.2, 0.25) is 5.91 Å². The highest BCUT2D eigenvalue weighted by Gasteiger charge is 2.40. The second kappa shape index (κ2) is 2.75. The van der Waals surface area contributed by atoms with E-state index in [0.29, 0.717) is 5.41 Å². The molecular weight excluding hydrogens is 150 g/mol. The summed E-state index contributed by atoms with van der Waals surface area (Å²) in [4.78, 5) is 11.1. The van der Waals surface area contributed by atoms with Gasteiger partial charge in [0.25, 0.3) is 0 Å². The fourth-order valence-corrected chi connectivity index (χ4v) is 2.84. The Hall–Kier alpha value is -0.530. The van der Waals surface area contributed by atoms with Gasteiger partial charge in [0.1, 0.15) is 0 Å². The van der Waals surface area contributed by atoms with Gasteiger partial charge in [-0.15, -0.1) is 0 Å². The van der Waals surface area contributed by atoms with Crippen molar-refractivity contribution < 1.29 is 4.79 Å². The Morgan fingerprint density at radius 3 is 3.00 bits per heavy atom. The average Bonchev–Trinajstić information content (AvgIpc) is 2.32. The minimum atomic E-state index is 0.268. The van der Waals surface area contributed by atoms with Gasteiger partial charge < -0.3 is 5.32 Å². The summed E-state index contributed by atoms with van der Waals surface area (Å²) in [5.74, 6) is 1.09. The zero-order valence-corrected chi connectivity index (χ0v) is 7.73. The number of amides is 1. The molecule has 0 radical (unpaired) electrons. The van der Waals surface area contributed by atoms with E-state index in [9.17, 15) is 4.79 Å². The van der Waals surface area contributed by atoms with Crippen LogP contribution in [-0.4, -0.2) is 12.5 Å². The Morgan fingerprint density at radius 2 is 2.42 bits per heavy atom. The van der Waals surface area contributed by atoms with E-state index in [1.807, 2.05) is 0 Å². The van der Waals surface area contributed by atoms with Gasteiger partial charge >= 0.3 is 0 Å². The molecule has 1 saturated carbocycles. The first-order valence-electron chi connectivity index (χ1n) is 4.97. The second-order valence-corrected chi connectivity index (χ2v) is 4.66. The quantitative estimate of drug-likeness (QED) is 0.584. The molecule has 12 heavy (non-hydrogen) atoms. The molecule has 2 nitrogen and oxygen atoms in total. The van der Waals surface area contributed by atoms with Gasteiger partial charge in [-0.1, -0.05) is 19.8 Å². The smallest absolute Gasteiger partial charge is 0.220 e. The van der Waals surface area contributed by atoms with Crippen molar-refractivity contribution in [1.82, 2.24) is 5.32 Å². The summed E-state index contributed by atoms with van der Waals surface area (Å²) >= 11 is 0. The third kappa shape index (κ3) is 1.35. The van der Waals surface area contributed by atoms with E-state index < -0.39 is 0 Å². The van der Waals surface area contributed by atoms with Gasteiger partial charge in [-0.3, -0.25) is 4.79 Å². The maximum Gasteiger partial charge on any atom is 0.220 e. The number of carbonyl (C=O) groups excluding carboxylic acids is 1. The number of hydrogen-bond donors (Lipinski definition) is 1. The summed E-state index contributed by atoms with van der Waals surface area (Å²) in [5, 5.41) is 2.96. The topological polar surface area (TPSA) is 29.1 Å². The maximum atomic E-state index is 11.1. The van der Waals surface area contributed by atoms with Gasteiger partial charge in [0, 0.05) is 13.0 Å². The van der Waals surface area contributed by atoms with E-state index in [-0.39, 0.29) is 5.91 Å². The second-order valence-electron chi connectivity index (χ2n) is 4.66. The van der Waals surface area contributed by atoms with Crippen LogP contribution >= 0.6 is 0 Å². The third-order valence-corrected chi connectivity index (χ3v) is 3.38. The van der Waals surface area contributed by atoms with Crippen molar-refractivity contribution in [3.63, 3.8) is 0 Å². The van der Waals surface area contributed by atoms with Crippen LogP contribution in [0.25, 0.3) is 0 Å². The molecule has 0 bridgehead atoms. The molecule has 2 fully saturated rings. The number of hydrogen-bond acceptors (Lipinski definition) is 1. The average molecular weight is 167 g/mol. The Labute approximate surface area is 73.7 Å². The van der Waals surface area contributed by atoms with E-state index in [4.69, 9.17) is 0 Å². The Kier molecular flexibility index (Phi) is 1.85. The van der Waals surface area contributed by atoms with E-state index in [1.165, 1.54) is 25.7 Å². The number of carbonyl (C=O) groups is 1. The molecule has 1 heterocycles. The summed E-state index contributed by atoms with van der Waals surface area (Å²) in [6.45, 7) is 3.25. The van der Waals surface area contributed by atoms with Crippen LogP contribution < -0.4 is 5.32 Å². The van der Waals surface area contributed by atoms with E-state index >= 15 is 0 Å². The zero-order chi connectivity index (χ0) is 8.60. The SMILES string of the molecule is C[C@H]1CCC[C@]2(CNC(=O)C2)C1.